The second kappa shape index (κ2) is 7.20. The summed E-state index contributed by atoms with van der Waals surface area (Å²) in [7, 11) is 0. The van der Waals surface area contributed by atoms with Crippen LogP contribution in [0, 0.1) is 17.3 Å². The fraction of sp³-hybridized carbons (Fsp3) is 0.826. The van der Waals surface area contributed by atoms with Crippen molar-refractivity contribution in [2.24, 2.45) is 17.3 Å². The lowest BCUT2D eigenvalue weighted by atomic mass is 9.79. The Morgan fingerprint density at radius 2 is 1.71 bits per heavy atom. The van der Waals surface area contributed by atoms with Crippen molar-refractivity contribution in [2.45, 2.75) is 76.8 Å². The fourth-order valence-corrected chi connectivity index (χ4v) is 6.25. The summed E-state index contributed by atoms with van der Waals surface area (Å²) < 4.78 is 0. The predicted octanol–water partition coefficient (Wildman–Crippen LogP) is 1.74. The molecule has 0 radical (unpaired) electrons. The van der Waals surface area contributed by atoms with Crippen LogP contribution in [0.25, 0.3) is 0 Å². The van der Waals surface area contributed by atoms with E-state index in [0.717, 1.165) is 25.8 Å². The highest BCUT2D eigenvalue weighted by Crippen LogP contribution is 2.66. The van der Waals surface area contributed by atoms with Gasteiger partial charge in [0.25, 0.3) is 5.91 Å². The highest BCUT2D eigenvalue weighted by molar-refractivity contribution is 6.07. The molecule has 2 atom stereocenters. The van der Waals surface area contributed by atoms with Gasteiger partial charge >= 0.3 is 6.03 Å². The number of hydrogen-bond acceptors (Lipinski definition) is 4. The van der Waals surface area contributed by atoms with E-state index in [1.807, 2.05) is 18.7 Å². The molecular formula is C23H34N4O4. The van der Waals surface area contributed by atoms with E-state index in [9.17, 15) is 19.2 Å². The minimum Gasteiger partial charge on any atom is -0.342 e. The van der Waals surface area contributed by atoms with Crippen molar-refractivity contribution in [1.82, 2.24) is 20.0 Å². The summed E-state index contributed by atoms with van der Waals surface area (Å²) in [6.45, 7) is 5.90. The molecule has 0 aromatic carbocycles. The fourth-order valence-electron chi connectivity index (χ4n) is 6.25. The lowest BCUT2D eigenvalue weighted by molar-refractivity contribution is -0.142. The summed E-state index contributed by atoms with van der Waals surface area (Å²) in [6.07, 6.45) is 7.06. The molecule has 31 heavy (non-hydrogen) atoms. The molecule has 5 amide bonds. The summed E-state index contributed by atoms with van der Waals surface area (Å²) in [4.78, 5) is 56.7. The van der Waals surface area contributed by atoms with Crippen LogP contribution in [0.15, 0.2) is 0 Å². The Kier molecular flexibility index (Phi) is 4.83. The van der Waals surface area contributed by atoms with Gasteiger partial charge in [-0.2, -0.15) is 0 Å². The van der Waals surface area contributed by atoms with Gasteiger partial charge in [-0.25, -0.2) is 4.79 Å². The molecule has 2 spiro atoms. The van der Waals surface area contributed by atoms with Gasteiger partial charge in [0.05, 0.1) is 6.04 Å². The number of amides is 5. The number of nitrogens with one attached hydrogen (secondary N) is 1. The van der Waals surface area contributed by atoms with Crippen molar-refractivity contribution in [3.8, 4) is 0 Å². The summed E-state index contributed by atoms with van der Waals surface area (Å²) in [5, 5.41) is 2.96. The van der Waals surface area contributed by atoms with Crippen molar-refractivity contribution >= 4 is 23.8 Å². The number of piperidine rings is 2. The van der Waals surface area contributed by atoms with Crippen molar-refractivity contribution in [3.63, 3.8) is 0 Å². The van der Waals surface area contributed by atoms with Gasteiger partial charge in [0.15, 0.2) is 0 Å². The SMILES string of the molecule is CC(C)C(=O)N1CCC2(CC1)NC(=O)N([C@H]1CCCN(C(=O)[C@@H]3CC34CCC4)C1)C2=O. The lowest BCUT2D eigenvalue weighted by Gasteiger charge is -2.39. The minimum absolute atomic E-state index is 0.0734. The lowest BCUT2D eigenvalue weighted by Crippen LogP contribution is -2.57. The standard InChI is InChI=1S/C23H34N4O4/c1-15(2)18(28)25-11-8-23(9-12-25)20(30)27(21(31)24-23)16-5-3-10-26(14-16)19(29)17-13-22(17)6-4-7-22/h15-17H,3-14H2,1-2H3,(H,24,31)/t16-,17-/m0/s1. The van der Waals surface area contributed by atoms with Crippen LogP contribution < -0.4 is 5.32 Å². The normalized spacial score (nSPS) is 31.3. The van der Waals surface area contributed by atoms with Crippen LogP contribution in [-0.2, 0) is 14.4 Å². The molecule has 3 saturated heterocycles. The van der Waals surface area contributed by atoms with E-state index in [2.05, 4.69) is 5.32 Å². The summed E-state index contributed by atoms with van der Waals surface area (Å²) in [5.74, 6) is 0.240. The highest BCUT2D eigenvalue weighted by atomic mass is 16.2. The second-order valence-electron chi connectivity index (χ2n) is 10.7. The molecule has 8 nitrogen and oxygen atoms in total. The summed E-state index contributed by atoms with van der Waals surface area (Å²) in [5.41, 5.74) is -0.611. The maximum Gasteiger partial charge on any atom is 0.325 e. The molecule has 3 heterocycles. The number of nitrogens with zero attached hydrogens (tertiary/aromatic N) is 3. The molecule has 3 aliphatic heterocycles. The van der Waals surface area contributed by atoms with Gasteiger partial charge in [-0.15, -0.1) is 0 Å². The third kappa shape index (κ3) is 3.24. The van der Waals surface area contributed by atoms with E-state index in [4.69, 9.17) is 0 Å². The van der Waals surface area contributed by atoms with Crippen LogP contribution in [0.2, 0.25) is 0 Å². The van der Waals surface area contributed by atoms with Crippen LogP contribution in [0.1, 0.15) is 65.2 Å². The first-order valence-electron chi connectivity index (χ1n) is 12.0. The van der Waals surface area contributed by atoms with E-state index in [-0.39, 0.29) is 47.0 Å². The molecule has 5 aliphatic rings. The van der Waals surface area contributed by atoms with Crippen molar-refractivity contribution in [1.29, 1.82) is 0 Å². The van der Waals surface area contributed by atoms with Crippen LogP contribution in [0.3, 0.4) is 0 Å². The van der Waals surface area contributed by atoms with E-state index in [1.54, 1.807) is 4.90 Å². The average Bonchev–Trinajstić information content (AvgIpc) is 3.45. The zero-order valence-corrected chi connectivity index (χ0v) is 18.7. The number of carbonyl (C=O) groups excluding carboxylic acids is 4. The van der Waals surface area contributed by atoms with Gasteiger partial charge in [0.2, 0.25) is 11.8 Å². The molecule has 5 fully saturated rings. The quantitative estimate of drug-likeness (QED) is 0.691. The van der Waals surface area contributed by atoms with Gasteiger partial charge in [-0.05, 0) is 50.4 Å². The average molecular weight is 431 g/mol. The molecule has 5 rings (SSSR count). The molecule has 8 heteroatoms. The highest BCUT2D eigenvalue weighted by Gasteiger charge is 2.62. The van der Waals surface area contributed by atoms with E-state index in [1.165, 1.54) is 24.2 Å². The first kappa shape index (κ1) is 20.8. The number of urea groups is 1. The minimum atomic E-state index is -0.899. The number of likely N-dealkylation sites (tertiary alicyclic amines) is 2. The maximum atomic E-state index is 13.4. The van der Waals surface area contributed by atoms with Crippen LogP contribution in [0.5, 0.6) is 0 Å². The Bertz CT molecular complexity index is 812. The molecule has 0 aromatic rings. The van der Waals surface area contributed by atoms with Gasteiger partial charge in [-0.3, -0.25) is 19.3 Å². The molecular weight excluding hydrogens is 396 g/mol. The Hall–Kier alpha value is -2.12. The second-order valence-corrected chi connectivity index (χ2v) is 10.7. The number of carbonyl (C=O) groups is 4. The first-order valence-corrected chi connectivity index (χ1v) is 12.0. The Labute approximate surface area is 183 Å². The molecule has 0 unspecified atom stereocenters. The van der Waals surface area contributed by atoms with Crippen molar-refractivity contribution in [2.75, 3.05) is 26.2 Å². The topological polar surface area (TPSA) is 90.0 Å². The summed E-state index contributed by atoms with van der Waals surface area (Å²) >= 11 is 0. The first-order chi connectivity index (χ1) is 14.8. The van der Waals surface area contributed by atoms with Gasteiger partial charge < -0.3 is 15.1 Å². The van der Waals surface area contributed by atoms with Crippen LogP contribution >= 0.6 is 0 Å². The van der Waals surface area contributed by atoms with Gasteiger partial charge in [-0.1, -0.05) is 20.3 Å². The Morgan fingerprint density at radius 1 is 1.00 bits per heavy atom. The molecule has 1 N–H and O–H groups in total. The number of imide groups is 1. The van der Waals surface area contributed by atoms with E-state index in [0.29, 0.717) is 32.5 Å². The predicted molar refractivity (Wildman–Crippen MR) is 113 cm³/mol. The summed E-state index contributed by atoms with van der Waals surface area (Å²) in [6, 6.07) is -0.592. The van der Waals surface area contributed by atoms with Crippen molar-refractivity contribution in [3.05, 3.63) is 0 Å². The van der Waals surface area contributed by atoms with Crippen molar-refractivity contribution < 1.29 is 19.2 Å². The third-order valence-electron chi connectivity index (χ3n) is 8.53. The molecule has 2 aliphatic carbocycles. The van der Waals surface area contributed by atoms with Crippen LogP contribution in [-0.4, -0.2) is 76.2 Å². The maximum absolute atomic E-state index is 13.4. The number of hydrogen-bond donors (Lipinski definition) is 1. The van der Waals surface area contributed by atoms with Crippen LogP contribution in [0.4, 0.5) is 4.79 Å². The zero-order chi connectivity index (χ0) is 22.0. The van der Waals surface area contributed by atoms with E-state index < -0.39 is 5.54 Å². The third-order valence-corrected chi connectivity index (χ3v) is 8.53. The van der Waals surface area contributed by atoms with Gasteiger partial charge in [0, 0.05) is 38.0 Å². The monoisotopic (exact) mass is 430 g/mol. The molecule has 0 aromatic heterocycles. The van der Waals surface area contributed by atoms with E-state index >= 15 is 0 Å². The molecule has 2 saturated carbocycles. The molecule has 170 valence electrons. The van der Waals surface area contributed by atoms with Gasteiger partial charge in [0.1, 0.15) is 5.54 Å². The molecule has 0 bridgehead atoms. The number of rotatable bonds is 3. The smallest absolute Gasteiger partial charge is 0.325 e. The zero-order valence-electron chi connectivity index (χ0n) is 18.7. The Morgan fingerprint density at radius 3 is 2.29 bits per heavy atom. The Balaban J connectivity index is 1.23. The largest absolute Gasteiger partial charge is 0.342 e.